The van der Waals surface area contributed by atoms with Gasteiger partial charge in [0.05, 0.1) is 12.1 Å². The summed E-state index contributed by atoms with van der Waals surface area (Å²) in [6.07, 6.45) is 1.03. The molecule has 1 heterocycles. The molecule has 1 saturated heterocycles. The van der Waals surface area contributed by atoms with Crippen LogP contribution in [0.3, 0.4) is 0 Å². The predicted octanol–water partition coefficient (Wildman–Crippen LogP) is 0.263. The Morgan fingerprint density at radius 3 is 2.64 bits per heavy atom. The van der Waals surface area contributed by atoms with Crippen LogP contribution in [-0.4, -0.2) is 30.7 Å². The monoisotopic (exact) mass is 200 g/mol. The molecule has 0 aromatic rings. The lowest BCUT2D eigenvalue weighted by Gasteiger charge is -2.20. The Bertz CT molecular complexity index is 206. The molecule has 1 amide bonds. The van der Waals surface area contributed by atoms with Crippen molar-refractivity contribution in [1.82, 2.24) is 5.32 Å². The van der Waals surface area contributed by atoms with E-state index in [2.05, 4.69) is 5.32 Å². The molecule has 4 unspecified atom stereocenters. The first-order chi connectivity index (χ1) is 6.52. The molecule has 1 aliphatic heterocycles. The van der Waals surface area contributed by atoms with Gasteiger partial charge in [0.1, 0.15) is 0 Å². The summed E-state index contributed by atoms with van der Waals surface area (Å²) in [6.45, 7) is 6.41. The number of rotatable bonds is 3. The van der Waals surface area contributed by atoms with Gasteiger partial charge in [0.25, 0.3) is 0 Å². The summed E-state index contributed by atoms with van der Waals surface area (Å²) in [5, 5.41) is 2.97. The van der Waals surface area contributed by atoms with Crippen molar-refractivity contribution in [2.45, 2.75) is 45.4 Å². The highest BCUT2D eigenvalue weighted by Gasteiger charge is 2.27. The molecule has 4 nitrogen and oxygen atoms in total. The first kappa shape index (κ1) is 11.5. The molecule has 0 radical (unpaired) electrons. The van der Waals surface area contributed by atoms with E-state index in [0.29, 0.717) is 0 Å². The summed E-state index contributed by atoms with van der Waals surface area (Å²) >= 11 is 0. The molecule has 1 rings (SSSR count). The number of hydrogen-bond donors (Lipinski definition) is 2. The Morgan fingerprint density at radius 1 is 1.57 bits per heavy atom. The fourth-order valence-corrected chi connectivity index (χ4v) is 1.47. The molecule has 4 atom stereocenters. The molecule has 0 aliphatic carbocycles. The van der Waals surface area contributed by atoms with E-state index in [0.717, 1.165) is 13.0 Å². The van der Waals surface area contributed by atoms with Crippen LogP contribution in [0.1, 0.15) is 27.2 Å². The van der Waals surface area contributed by atoms with Crippen molar-refractivity contribution in [3.05, 3.63) is 0 Å². The molecule has 4 heteroatoms. The van der Waals surface area contributed by atoms with Gasteiger partial charge in [0.2, 0.25) is 5.91 Å². The number of amides is 1. The molecular formula is C10H20N2O2. The maximum atomic E-state index is 11.6. The lowest BCUT2D eigenvalue weighted by molar-refractivity contribution is -0.126. The second kappa shape index (κ2) is 4.75. The average Bonchev–Trinajstić information content (AvgIpc) is 2.50. The standard InChI is InChI=1S/C10H20N2O2/c1-6(7(2)11)10(13)12-9-4-5-14-8(9)3/h6-9H,4-5,11H2,1-3H3,(H,12,13). The van der Waals surface area contributed by atoms with Crippen molar-refractivity contribution >= 4 is 5.91 Å². The number of nitrogens with one attached hydrogen (secondary N) is 1. The summed E-state index contributed by atoms with van der Waals surface area (Å²) in [7, 11) is 0. The van der Waals surface area contributed by atoms with Crippen molar-refractivity contribution in [2.75, 3.05) is 6.61 Å². The third-order valence-corrected chi connectivity index (χ3v) is 2.91. The van der Waals surface area contributed by atoms with Crippen LogP contribution in [0, 0.1) is 5.92 Å². The van der Waals surface area contributed by atoms with E-state index in [-0.39, 0.29) is 30.0 Å². The third-order valence-electron chi connectivity index (χ3n) is 2.91. The van der Waals surface area contributed by atoms with E-state index < -0.39 is 0 Å². The number of carbonyl (C=O) groups excluding carboxylic acids is 1. The molecule has 0 aromatic carbocycles. The van der Waals surface area contributed by atoms with Crippen LogP contribution in [0.5, 0.6) is 0 Å². The number of carbonyl (C=O) groups is 1. The number of nitrogens with two attached hydrogens (primary N) is 1. The zero-order valence-electron chi connectivity index (χ0n) is 9.12. The fraction of sp³-hybridized carbons (Fsp3) is 0.900. The minimum atomic E-state index is -0.136. The first-order valence-corrected chi connectivity index (χ1v) is 5.20. The molecule has 1 fully saturated rings. The quantitative estimate of drug-likeness (QED) is 0.687. The normalized spacial score (nSPS) is 31.1. The third kappa shape index (κ3) is 2.69. The highest BCUT2D eigenvalue weighted by molar-refractivity contribution is 5.79. The average molecular weight is 200 g/mol. The smallest absolute Gasteiger partial charge is 0.224 e. The second-order valence-electron chi connectivity index (χ2n) is 4.13. The van der Waals surface area contributed by atoms with Crippen LogP contribution in [0.4, 0.5) is 0 Å². The van der Waals surface area contributed by atoms with Crippen molar-refractivity contribution < 1.29 is 9.53 Å². The van der Waals surface area contributed by atoms with Crippen molar-refractivity contribution in [2.24, 2.45) is 11.7 Å². The van der Waals surface area contributed by atoms with Crippen LogP contribution in [0.25, 0.3) is 0 Å². The van der Waals surface area contributed by atoms with Crippen LogP contribution >= 0.6 is 0 Å². The van der Waals surface area contributed by atoms with Gasteiger partial charge in [-0.3, -0.25) is 4.79 Å². The second-order valence-corrected chi connectivity index (χ2v) is 4.13. The van der Waals surface area contributed by atoms with Crippen LogP contribution in [0.2, 0.25) is 0 Å². The van der Waals surface area contributed by atoms with Gasteiger partial charge in [-0.25, -0.2) is 0 Å². The lowest BCUT2D eigenvalue weighted by atomic mass is 10.0. The van der Waals surface area contributed by atoms with Gasteiger partial charge < -0.3 is 15.8 Å². The van der Waals surface area contributed by atoms with Crippen molar-refractivity contribution in [3.8, 4) is 0 Å². The summed E-state index contributed by atoms with van der Waals surface area (Å²) in [5.41, 5.74) is 5.65. The number of hydrogen-bond acceptors (Lipinski definition) is 3. The summed E-state index contributed by atoms with van der Waals surface area (Å²) in [5.74, 6) is -0.106. The fourth-order valence-electron chi connectivity index (χ4n) is 1.47. The molecule has 1 aliphatic rings. The molecule has 0 aromatic heterocycles. The molecular weight excluding hydrogens is 180 g/mol. The molecule has 14 heavy (non-hydrogen) atoms. The van der Waals surface area contributed by atoms with Crippen molar-refractivity contribution in [3.63, 3.8) is 0 Å². The van der Waals surface area contributed by atoms with E-state index in [1.54, 1.807) is 0 Å². The minimum absolute atomic E-state index is 0.0300. The molecule has 0 bridgehead atoms. The number of ether oxygens (including phenoxy) is 1. The van der Waals surface area contributed by atoms with Gasteiger partial charge in [-0.15, -0.1) is 0 Å². The van der Waals surface area contributed by atoms with E-state index in [4.69, 9.17) is 10.5 Å². The predicted molar refractivity (Wildman–Crippen MR) is 54.8 cm³/mol. The highest BCUT2D eigenvalue weighted by atomic mass is 16.5. The summed E-state index contributed by atoms with van der Waals surface area (Å²) < 4.78 is 5.36. The zero-order chi connectivity index (χ0) is 10.7. The minimum Gasteiger partial charge on any atom is -0.376 e. The van der Waals surface area contributed by atoms with E-state index in [9.17, 15) is 4.79 Å². The summed E-state index contributed by atoms with van der Waals surface area (Å²) in [6, 6.07) is 0.0522. The highest BCUT2D eigenvalue weighted by Crippen LogP contribution is 2.13. The Balaban J connectivity index is 2.40. The maximum Gasteiger partial charge on any atom is 0.224 e. The first-order valence-electron chi connectivity index (χ1n) is 5.20. The Hall–Kier alpha value is -0.610. The largest absolute Gasteiger partial charge is 0.376 e. The SMILES string of the molecule is CC(N)C(C)C(=O)NC1CCOC1C. The summed E-state index contributed by atoms with van der Waals surface area (Å²) in [4.78, 5) is 11.6. The van der Waals surface area contributed by atoms with E-state index in [1.165, 1.54) is 0 Å². The molecule has 0 spiro atoms. The van der Waals surface area contributed by atoms with E-state index in [1.807, 2.05) is 20.8 Å². The van der Waals surface area contributed by atoms with Gasteiger partial charge >= 0.3 is 0 Å². The van der Waals surface area contributed by atoms with Crippen LogP contribution < -0.4 is 11.1 Å². The zero-order valence-corrected chi connectivity index (χ0v) is 9.12. The Morgan fingerprint density at radius 2 is 2.21 bits per heavy atom. The van der Waals surface area contributed by atoms with Crippen LogP contribution in [-0.2, 0) is 9.53 Å². The lowest BCUT2D eigenvalue weighted by Crippen LogP contribution is -2.45. The molecule has 82 valence electrons. The van der Waals surface area contributed by atoms with E-state index >= 15 is 0 Å². The van der Waals surface area contributed by atoms with Gasteiger partial charge in [-0.1, -0.05) is 6.92 Å². The molecule has 3 N–H and O–H groups in total. The van der Waals surface area contributed by atoms with Gasteiger partial charge in [-0.05, 0) is 20.3 Å². The maximum absolute atomic E-state index is 11.6. The van der Waals surface area contributed by atoms with Gasteiger partial charge in [0.15, 0.2) is 0 Å². The Labute approximate surface area is 85.2 Å². The Kier molecular flexibility index (Phi) is 3.89. The van der Waals surface area contributed by atoms with Crippen LogP contribution in [0.15, 0.2) is 0 Å². The van der Waals surface area contributed by atoms with Gasteiger partial charge in [0, 0.05) is 18.6 Å². The topological polar surface area (TPSA) is 64.4 Å². The van der Waals surface area contributed by atoms with Gasteiger partial charge in [-0.2, -0.15) is 0 Å². The van der Waals surface area contributed by atoms with Crippen molar-refractivity contribution in [1.29, 1.82) is 0 Å². The molecule has 0 saturated carbocycles.